The monoisotopic (exact) mass is 536 g/mol. The van der Waals surface area contributed by atoms with Gasteiger partial charge in [0, 0.05) is 35.9 Å². The van der Waals surface area contributed by atoms with E-state index in [1.807, 2.05) is 49.1 Å². The predicted octanol–water partition coefficient (Wildman–Crippen LogP) is 9.39. The summed E-state index contributed by atoms with van der Waals surface area (Å²) < 4.78 is 0. The third kappa shape index (κ3) is 4.01. The van der Waals surface area contributed by atoms with E-state index in [4.69, 9.17) is 9.97 Å². The zero-order valence-corrected chi connectivity index (χ0v) is 22.6. The highest BCUT2D eigenvalue weighted by molar-refractivity contribution is 6.09. The quantitative estimate of drug-likeness (QED) is 0.225. The van der Waals surface area contributed by atoms with E-state index in [0.717, 1.165) is 55.4 Å². The lowest BCUT2D eigenvalue weighted by atomic mass is 9.91. The van der Waals surface area contributed by atoms with Gasteiger partial charge in [-0.15, -0.1) is 0 Å². The molecule has 0 atom stereocenters. The van der Waals surface area contributed by atoms with E-state index >= 15 is 0 Å². The maximum atomic E-state index is 5.28. The summed E-state index contributed by atoms with van der Waals surface area (Å²) in [6.45, 7) is 0. The van der Waals surface area contributed by atoms with Gasteiger partial charge in [0.1, 0.15) is 0 Å². The van der Waals surface area contributed by atoms with Gasteiger partial charge in [0.2, 0.25) is 0 Å². The standard InChI is InChI=1S/C38H24N4/c1-2-16-36-35(15-1)41-37(33-13-5-9-29-27(7-3-11-31(29)33)25-17-21-39-22-18-25)38(42-36)34-14-6-10-30-28(8-4-12-32(30)34)26-19-23-40-24-20-26/h1-24H. The summed E-state index contributed by atoms with van der Waals surface area (Å²) in [5.74, 6) is 0. The summed E-state index contributed by atoms with van der Waals surface area (Å²) >= 11 is 0. The molecule has 0 unspecified atom stereocenters. The molecule has 5 aromatic carbocycles. The molecule has 0 aliphatic heterocycles. The van der Waals surface area contributed by atoms with E-state index in [1.54, 1.807) is 0 Å². The summed E-state index contributed by atoms with van der Waals surface area (Å²) in [5.41, 5.74) is 10.2. The van der Waals surface area contributed by atoms with Gasteiger partial charge in [-0.05, 0) is 80.2 Å². The third-order valence-electron chi connectivity index (χ3n) is 7.91. The Balaban J connectivity index is 1.43. The first-order valence-corrected chi connectivity index (χ1v) is 14.0. The zero-order valence-electron chi connectivity index (χ0n) is 22.6. The topological polar surface area (TPSA) is 51.6 Å². The number of rotatable bonds is 4. The van der Waals surface area contributed by atoms with Crippen molar-refractivity contribution in [3.63, 3.8) is 0 Å². The number of hydrogen-bond donors (Lipinski definition) is 0. The molecule has 0 N–H and O–H groups in total. The average Bonchev–Trinajstić information content (AvgIpc) is 3.07. The van der Waals surface area contributed by atoms with Crippen LogP contribution >= 0.6 is 0 Å². The summed E-state index contributed by atoms with van der Waals surface area (Å²) in [4.78, 5) is 19.0. The van der Waals surface area contributed by atoms with Crippen LogP contribution < -0.4 is 0 Å². The molecule has 0 spiro atoms. The summed E-state index contributed by atoms with van der Waals surface area (Å²) in [5, 5.41) is 4.60. The van der Waals surface area contributed by atoms with Crippen LogP contribution in [0.1, 0.15) is 0 Å². The van der Waals surface area contributed by atoms with Gasteiger partial charge in [-0.1, -0.05) is 84.9 Å². The zero-order chi connectivity index (χ0) is 27.9. The van der Waals surface area contributed by atoms with Crippen LogP contribution in [-0.2, 0) is 0 Å². The molecule has 196 valence electrons. The van der Waals surface area contributed by atoms with Crippen molar-refractivity contribution in [3.8, 4) is 44.8 Å². The molecular formula is C38H24N4. The van der Waals surface area contributed by atoms with Gasteiger partial charge in [-0.2, -0.15) is 0 Å². The van der Waals surface area contributed by atoms with Crippen LogP contribution in [0.3, 0.4) is 0 Å². The van der Waals surface area contributed by atoms with E-state index in [2.05, 4.69) is 107 Å². The molecule has 0 aliphatic carbocycles. The van der Waals surface area contributed by atoms with Crippen molar-refractivity contribution >= 4 is 32.6 Å². The molecule has 0 saturated carbocycles. The van der Waals surface area contributed by atoms with Crippen molar-refractivity contribution in [1.82, 2.24) is 19.9 Å². The van der Waals surface area contributed by atoms with E-state index in [-0.39, 0.29) is 0 Å². The fraction of sp³-hybridized carbons (Fsp3) is 0. The Morgan fingerprint density at radius 3 is 1.07 bits per heavy atom. The number of hydrogen-bond acceptors (Lipinski definition) is 4. The Kier molecular flexibility index (Phi) is 5.75. The fourth-order valence-electron chi connectivity index (χ4n) is 5.97. The van der Waals surface area contributed by atoms with Crippen molar-refractivity contribution in [2.45, 2.75) is 0 Å². The first kappa shape index (κ1) is 24.1. The van der Waals surface area contributed by atoms with Crippen LogP contribution in [0.4, 0.5) is 0 Å². The number of nitrogens with zero attached hydrogens (tertiary/aromatic N) is 4. The van der Waals surface area contributed by atoms with Gasteiger partial charge in [0.15, 0.2) is 0 Å². The molecule has 0 amide bonds. The third-order valence-corrected chi connectivity index (χ3v) is 7.91. The molecule has 4 heteroatoms. The van der Waals surface area contributed by atoms with Gasteiger partial charge < -0.3 is 0 Å². The molecule has 0 radical (unpaired) electrons. The van der Waals surface area contributed by atoms with Gasteiger partial charge >= 0.3 is 0 Å². The smallest absolute Gasteiger partial charge is 0.0979 e. The molecule has 3 aromatic heterocycles. The maximum absolute atomic E-state index is 5.28. The minimum absolute atomic E-state index is 0.869. The van der Waals surface area contributed by atoms with Gasteiger partial charge in [-0.3, -0.25) is 9.97 Å². The SMILES string of the molecule is c1ccc2nc(-c3cccc4c(-c5ccncc5)cccc34)c(-c3cccc4c(-c5ccncc5)cccc34)nc2c1. The number of benzene rings is 5. The largest absolute Gasteiger partial charge is 0.265 e. The Labute approximate surface area is 243 Å². The average molecular weight is 537 g/mol. The van der Waals surface area contributed by atoms with Crippen molar-refractivity contribution in [2.24, 2.45) is 0 Å². The van der Waals surface area contributed by atoms with Crippen LogP contribution in [0.15, 0.2) is 146 Å². The Hall–Kier alpha value is -5.74. The van der Waals surface area contributed by atoms with E-state index in [0.29, 0.717) is 0 Å². The van der Waals surface area contributed by atoms with Crippen molar-refractivity contribution in [1.29, 1.82) is 0 Å². The molecule has 8 aromatic rings. The molecule has 0 aliphatic rings. The van der Waals surface area contributed by atoms with Crippen LogP contribution in [0.25, 0.3) is 77.3 Å². The van der Waals surface area contributed by atoms with Crippen molar-refractivity contribution < 1.29 is 0 Å². The van der Waals surface area contributed by atoms with Crippen LogP contribution in [0.5, 0.6) is 0 Å². The van der Waals surface area contributed by atoms with Gasteiger partial charge in [0.25, 0.3) is 0 Å². The fourth-order valence-corrected chi connectivity index (χ4v) is 5.97. The second kappa shape index (κ2) is 10.0. The molecule has 0 bridgehead atoms. The molecule has 42 heavy (non-hydrogen) atoms. The normalized spacial score (nSPS) is 11.3. The highest BCUT2D eigenvalue weighted by atomic mass is 14.8. The maximum Gasteiger partial charge on any atom is 0.0979 e. The molecule has 0 fully saturated rings. The van der Waals surface area contributed by atoms with E-state index < -0.39 is 0 Å². The molecule has 3 heterocycles. The number of aromatic nitrogens is 4. The van der Waals surface area contributed by atoms with Crippen molar-refractivity contribution in [2.75, 3.05) is 0 Å². The van der Waals surface area contributed by atoms with Crippen molar-refractivity contribution in [3.05, 3.63) is 146 Å². The number of para-hydroxylation sites is 2. The molecule has 4 nitrogen and oxygen atoms in total. The summed E-state index contributed by atoms with van der Waals surface area (Å²) in [6, 6.07) is 42.2. The first-order chi connectivity index (χ1) is 20.8. The minimum atomic E-state index is 0.869. The summed E-state index contributed by atoms with van der Waals surface area (Å²) in [6.07, 6.45) is 7.36. The molecule has 0 saturated heterocycles. The first-order valence-electron chi connectivity index (χ1n) is 14.0. The second-order valence-electron chi connectivity index (χ2n) is 10.3. The van der Waals surface area contributed by atoms with E-state index in [9.17, 15) is 0 Å². The lowest BCUT2D eigenvalue weighted by Crippen LogP contribution is -1.97. The van der Waals surface area contributed by atoms with Crippen LogP contribution in [-0.4, -0.2) is 19.9 Å². The minimum Gasteiger partial charge on any atom is -0.265 e. The van der Waals surface area contributed by atoms with Crippen LogP contribution in [0.2, 0.25) is 0 Å². The van der Waals surface area contributed by atoms with Crippen LogP contribution in [0, 0.1) is 0 Å². The predicted molar refractivity (Wildman–Crippen MR) is 172 cm³/mol. The van der Waals surface area contributed by atoms with Gasteiger partial charge in [-0.25, -0.2) is 9.97 Å². The second-order valence-corrected chi connectivity index (χ2v) is 10.3. The Morgan fingerprint density at radius 1 is 0.310 bits per heavy atom. The Morgan fingerprint density at radius 2 is 0.667 bits per heavy atom. The highest BCUT2D eigenvalue weighted by Crippen LogP contribution is 2.41. The lowest BCUT2D eigenvalue weighted by Gasteiger charge is -2.16. The Bertz CT molecular complexity index is 2080. The number of fused-ring (bicyclic) bond motifs is 3. The number of pyridine rings is 2. The lowest BCUT2D eigenvalue weighted by molar-refractivity contribution is 1.30. The van der Waals surface area contributed by atoms with Gasteiger partial charge in [0.05, 0.1) is 22.4 Å². The van der Waals surface area contributed by atoms with E-state index in [1.165, 1.54) is 21.9 Å². The highest BCUT2D eigenvalue weighted by Gasteiger charge is 2.19. The molecular weight excluding hydrogens is 512 g/mol. The molecule has 8 rings (SSSR count). The summed E-state index contributed by atoms with van der Waals surface area (Å²) in [7, 11) is 0.